The number of fused-ring (bicyclic) bond motifs is 1. The van der Waals surface area contributed by atoms with E-state index in [1.165, 1.54) is 18.2 Å². The lowest BCUT2D eigenvalue weighted by Gasteiger charge is -2.11. The van der Waals surface area contributed by atoms with Crippen LogP contribution in [0.5, 0.6) is 0 Å². The first-order valence-corrected chi connectivity index (χ1v) is 12.1. The van der Waals surface area contributed by atoms with E-state index in [-0.39, 0.29) is 16.6 Å². The van der Waals surface area contributed by atoms with Gasteiger partial charge in [-0.3, -0.25) is 20.2 Å². The van der Waals surface area contributed by atoms with E-state index in [9.17, 15) is 14.9 Å². The number of amides is 1. The maximum atomic E-state index is 12.7. The van der Waals surface area contributed by atoms with Crippen molar-refractivity contribution in [3.63, 3.8) is 0 Å². The zero-order valence-corrected chi connectivity index (χ0v) is 20.6. The number of carbonyl (C=O) groups excluding carboxylic acids is 1. The predicted octanol–water partition coefficient (Wildman–Crippen LogP) is 6.91. The Morgan fingerprint density at radius 1 is 1.03 bits per heavy atom. The fourth-order valence-electron chi connectivity index (χ4n) is 3.46. The second-order valence-corrected chi connectivity index (χ2v) is 9.41. The number of para-hydroxylation sites is 1. The lowest BCUT2D eigenvalue weighted by Crippen LogP contribution is -2.34. The topological polar surface area (TPSA) is 110 Å². The molecule has 0 saturated carbocycles. The normalized spacial score (nSPS) is 10.8. The third-order valence-corrected chi connectivity index (χ3v) is 6.77. The Hall–Kier alpha value is -4.12. The van der Waals surface area contributed by atoms with E-state index in [1.54, 1.807) is 35.6 Å². The molecule has 0 radical (unpaired) electrons. The van der Waals surface area contributed by atoms with Crippen LogP contribution in [0.25, 0.3) is 32.1 Å². The van der Waals surface area contributed by atoms with Gasteiger partial charge in [0, 0.05) is 23.3 Å². The molecule has 0 saturated heterocycles. The molecule has 11 heteroatoms. The quantitative estimate of drug-likeness (QED) is 0.143. The van der Waals surface area contributed by atoms with E-state index in [4.69, 9.17) is 28.2 Å². The number of anilines is 1. The lowest BCUT2D eigenvalue weighted by molar-refractivity contribution is -0.384. The van der Waals surface area contributed by atoms with Gasteiger partial charge < -0.3 is 9.73 Å². The first kappa shape index (κ1) is 23.6. The molecule has 0 spiro atoms. The highest BCUT2D eigenvalue weighted by molar-refractivity contribution is 7.80. The van der Waals surface area contributed by atoms with Gasteiger partial charge in [0.25, 0.3) is 11.6 Å². The van der Waals surface area contributed by atoms with Crippen LogP contribution in [-0.4, -0.2) is 20.9 Å². The molecule has 5 aromatic rings. The van der Waals surface area contributed by atoms with E-state index < -0.39 is 10.8 Å². The van der Waals surface area contributed by atoms with Gasteiger partial charge >= 0.3 is 0 Å². The van der Waals surface area contributed by atoms with Crippen molar-refractivity contribution < 1.29 is 14.1 Å². The van der Waals surface area contributed by atoms with E-state index in [1.807, 2.05) is 36.4 Å². The number of hydrogen-bond donors (Lipinski definition) is 2. The number of thiocarbonyl (C=S) groups is 1. The number of furan rings is 1. The summed E-state index contributed by atoms with van der Waals surface area (Å²) >= 11 is 13.2. The van der Waals surface area contributed by atoms with Gasteiger partial charge in [-0.1, -0.05) is 41.9 Å². The number of non-ortho nitro benzene ring substituents is 1. The molecule has 2 N–H and O–H groups in total. The summed E-state index contributed by atoms with van der Waals surface area (Å²) in [5.74, 6) is -0.271. The zero-order valence-electron chi connectivity index (χ0n) is 18.2. The molecule has 8 nitrogen and oxygen atoms in total. The Labute approximate surface area is 218 Å². The van der Waals surface area contributed by atoms with Crippen molar-refractivity contribution in [3.05, 3.63) is 99.8 Å². The molecule has 2 aromatic heterocycles. The van der Waals surface area contributed by atoms with Gasteiger partial charge in [0.05, 0.1) is 25.8 Å². The Bertz CT molecular complexity index is 1610. The molecule has 3 aromatic carbocycles. The summed E-state index contributed by atoms with van der Waals surface area (Å²) in [7, 11) is 0. The molecule has 0 unspecified atom stereocenters. The number of carbonyl (C=O) groups is 1. The van der Waals surface area contributed by atoms with Crippen LogP contribution in [0.2, 0.25) is 5.02 Å². The molecule has 0 aliphatic rings. The van der Waals surface area contributed by atoms with Crippen molar-refractivity contribution in [2.75, 3.05) is 5.32 Å². The van der Waals surface area contributed by atoms with Gasteiger partial charge in [-0.15, -0.1) is 11.3 Å². The molecule has 1 amide bonds. The van der Waals surface area contributed by atoms with Gasteiger partial charge in [-0.2, -0.15) is 0 Å². The minimum absolute atomic E-state index is 0.00465. The van der Waals surface area contributed by atoms with Crippen LogP contribution < -0.4 is 10.6 Å². The van der Waals surface area contributed by atoms with Gasteiger partial charge in [0.15, 0.2) is 10.9 Å². The van der Waals surface area contributed by atoms with E-state index in [0.29, 0.717) is 22.0 Å². The molecule has 0 fully saturated rings. The summed E-state index contributed by atoms with van der Waals surface area (Å²) in [5, 5.41) is 17.8. The molecule has 0 bridgehead atoms. The van der Waals surface area contributed by atoms with Crippen LogP contribution in [0.4, 0.5) is 11.4 Å². The summed E-state index contributed by atoms with van der Waals surface area (Å²) < 4.78 is 6.66. The van der Waals surface area contributed by atoms with Crippen LogP contribution in [0.3, 0.4) is 0 Å². The molecular formula is C25H15ClN4O4S2. The summed E-state index contributed by atoms with van der Waals surface area (Å²) in [6, 6.07) is 22.2. The Kier molecular flexibility index (Phi) is 6.47. The van der Waals surface area contributed by atoms with Crippen molar-refractivity contribution in [1.82, 2.24) is 10.3 Å². The highest BCUT2D eigenvalue weighted by Crippen LogP contribution is 2.34. The van der Waals surface area contributed by atoms with Gasteiger partial charge in [0.2, 0.25) is 0 Å². The van der Waals surface area contributed by atoms with Crippen LogP contribution in [0, 0.1) is 10.1 Å². The van der Waals surface area contributed by atoms with Gasteiger partial charge in [0.1, 0.15) is 10.8 Å². The van der Waals surface area contributed by atoms with Gasteiger partial charge in [-0.05, 0) is 48.6 Å². The lowest BCUT2D eigenvalue weighted by atomic mass is 10.1. The molecule has 178 valence electrons. The molecular weight excluding hydrogens is 520 g/mol. The largest absolute Gasteiger partial charge is 0.451 e. The molecule has 2 heterocycles. The second kappa shape index (κ2) is 9.86. The number of hydrogen-bond acceptors (Lipinski definition) is 7. The SMILES string of the molecule is O=C(NC(=S)Nc1cc(-c2nc3ccccc3s2)ccc1Cl)c1ccc(-c2cccc([N+](=O)[O-])c2)o1. The highest BCUT2D eigenvalue weighted by atomic mass is 35.5. The molecule has 0 atom stereocenters. The first-order chi connectivity index (χ1) is 17.4. The maximum Gasteiger partial charge on any atom is 0.293 e. The van der Waals surface area contributed by atoms with E-state index in [0.717, 1.165) is 20.8 Å². The third kappa shape index (κ3) is 4.96. The van der Waals surface area contributed by atoms with Crippen molar-refractivity contribution in [2.45, 2.75) is 0 Å². The van der Waals surface area contributed by atoms with Crippen molar-refractivity contribution in [3.8, 4) is 21.9 Å². The smallest absolute Gasteiger partial charge is 0.293 e. The monoisotopic (exact) mass is 534 g/mol. The second-order valence-electron chi connectivity index (χ2n) is 7.56. The standard InChI is InChI=1S/C25H15ClN4O4S2/c26-17-9-8-15(24-27-18-6-1-2-7-22(18)36-24)13-19(17)28-25(35)29-23(31)21-11-10-20(34-21)14-4-3-5-16(12-14)30(32)33/h1-13H,(H2,28,29,31,35). The third-order valence-electron chi connectivity index (χ3n) is 5.15. The summed E-state index contributed by atoms with van der Waals surface area (Å²) in [6.45, 7) is 0. The number of nitro benzene ring substituents is 1. The van der Waals surface area contributed by atoms with E-state index >= 15 is 0 Å². The van der Waals surface area contributed by atoms with Crippen molar-refractivity contribution >= 4 is 67.8 Å². The minimum Gasteiger partial charge on any atom is -0.451 e. The number of rotatable bonds is 5. The Morgan fingerprint density at radius 2 is 1.86 bits per heavy atom. The molecule has 36 heavy (non-hydrogen) atoms. The molecule has 0 aliphatic heterocycles. The Morgan fingerprint density at radius 3 is 2.67 bits per heavy atom. The summed E-state index contributed by atoms with van der Waals surface area (Å²) in [4.78, 5) is 27.8. The molecule has 5 rings (SSSR count). The maximum absolute atomic E-state index is 12.7. The fourth-order valence-corrected chi connectivity index (χ4v) is 4.79. The number of aromatic nitrogens is 1. The van der Waals surface area contributed by atoms with E-state index in [2.05, 4.69) is 15.6 Å². The predicted molar refractivity (Wildman–Crippen MR) is 145 cm³/mol. The number of benzene rings is 3. The summed E-state index contributed by atoms with van der Waals surface area (Å²) in [5.41, 5.74) is 2.67. The van der Waals surface area contributed by atoms with Gasteiger partial charge in [-0.25, -0.2) is 4.98 Å². The summed E-state index contributed by atoms with van der Waals surface area (Å²) in [6.07, 6.45) is 0. The highest BCUT2D eigenvalue weighted by Gasteiger charge is 2.16. The number of thiazole rings is 1. The number of nitrogens with zero attached hydrogens (tertiary/aromatic N) is 2. The average molecular weight is 535 g/mol. The van der Waals surface area contributed by atoms with Crippen LogP contribution in [0.1, 0.15) is 10.6 Å². The van der Waals surface area contributed by atoms with Crippen molar-refractivity contribution in [1.29, 1.82) is 0 Å². The average Bonchev–Trinajstić information content (AvgIpc) is 3.53. The first-order valence-electron chi connectivity index (χ1n) is 10.5. The Balaban J connectivity index is 1.29. The fraction of sp³-hybridized carbons (Fsp3) is 0. The van der Waals surface area contributed by atoms with Crippen molar-refractivity contribution in [2.24, 2.45) is 0 Å². The number of halogens is 1. The number of nitro groups is 1. The zero-order chi connectivity index (χ0) is 25.2. The van der Waals surface area contributed by atoms with Crippen LogP contribution in [0.15, 0.2) is 83.3 Å². The minimum atomic E-state index is -0.581. The van der Waals surface area contributed by atoms with Crippen LogP contribution in [-0.2, 0) is 0 Å². The van der Waals surface area contributed by atoms with Crippen LogP contribution >= 0.6 is 35.2 Å². The number of nitrogens with one attached hydrogen (secondary N) is 2. The molecule has 0 aliphatic carbocycles.